The average Bonchev–Trinajstić information content (AvgIpc) is 2.36. The van der Waals surface area contributed by atoms with Crippen LogP contribution in [-0.2, 0) is 5.60 Å². The second-order valence-corrected chi connectivity index (χ2v) is 4.09. The van der Waals surface area contributed by atoms with Crippen LogP contribution in [0, 0.1) is 11.8 Å². The third-order valence-electron chi connectivity index (χ3n) is 2.72. The maximum atomic E-state index is 10.2. The van der Waals surface area contributed by atoms with E-state index in [9.17, 15) is 5.11 Å². The van der Waals surface area contributed by atoms with E-state index < -0.39 is 5.60 Å². The molecule has 0 unspecified atom stereocenters. The molecule has 2 rings (SSSR count). The molecule has 2 aromatic rings. The minimum atomic E-state index is -1.23. The molecular weight excluding hydrogens is 212 g/mol. The van der Waals surface area contributed by atoms with Gasteiger partial charge in [0.25, 0.3) is 0 Å². The van der Waals surface area contributed by atoms with Gasteiger partial charge in [-0.3, -0.25) is 0 Å². The van der Waals surface area contributed by atoms with Crippen LogP contribution in [0.3, 0.4) is 0 Å². The summed E-state index contributed by atoms with van der Waals surface area (Å²) in [4.78, 5) is 0. The topological polar surface area (TPSA) is 40.5 Å². The lowest BCUT2D eigenvalue weighted by atomic mass is 9.94. The van der Waals surface area contributed by atoms with E-state index in [4.69, 9.17) is 5.11 Å². The standard InChI is InChI=1S/C15H14O2/c1-15(17,9-4-10-16)14-8-7-12-5-2-3-6-13(12)11-14/h2-3,5-8,11,16-17H,10H2,1H3/t15-/m1/s1. The Morgan fingerprint density at radius 3 is 2.53 bits per heavy atom. The summed E-state index contributed by atoms with van der Waals surface area (Å²) >= 11 is 0. The molecule has 0 radical (unpaired) electrons. The molecule has 0 aromatic heterocycles. The third-order valence-corrected chi connectivity index (χ3v) is 2.72. The van der Waals surface area contributed by atoms with Gasteiger partial charge in [0.05, 0.1) is 0 Å². The Kier molecular flexibility index (Phi) is 3.14. The summed E-state index contributed by atoms with van der Waals surface area (Å²) in [5, 5.41) is 21.0. The molecule has 0 bridgehead atoms. The summed E-state index contributed by atoms with van der Waals surface area (Å²) in [6.45, 7) is 1.38. The van der Waals surface area contributed by atoms with Crippen LogP contribution >= 0.6 is 0 Å². The van der Waals surface area contributed by atoms with Crippen LogP contribution in [0.4, 0.5) is 0 Å². The molecule has 0 saturated carbocycles. The summed E-state index contributed by atoms with van der Waals surface area (Å²) in [5.41, 5.74) is -0.496. The molecule has 0 aliphatic carbocycles. The summed E-state index contributed by atoms with van der Waals surface area (Å²) in [6.07, 6.45) is 0. The lowest BCUT2D eigenvalue weighted by Gasteiger charge is -2.17. The molecule has 2 aromatic carbocycles. The first-order valence-corrected chi connectivity index (χ1v) is 5.46. The molecule has 0 saturated heterocycles. The minimum absolute atomic E-state index is 0.246. The molecular formula is C15H14O2. The maximum absolute atomic E-state index is 10.2. The van der Waals surface area contributed by atoms with Crippen LogP contribution in [0.1, 0.15) is 12.5 Å². The highest BCUT2D eigenvalue weighted by Crippen LogP contribution is 2.24. The second kappa shape index (κ2) is 4.58. The van der Waals surface area contributed by atoms with Crippen molar-refractivity contribution in [1.29, 1.82) is 0 Å². The minimum Gasteiger partial charge on any atom is -0.384 e. The van der Waals surface area contributed by atoms with Crippen LogP contribution in [0.2, 0.25) is 0 Å². The van der Waals surface area contributed by atoms with Gasteiger partial charge in [0, 0.05) is 0 Å². The van der Waals surface area contributed by atoms with Crippen molar-refractivity contribution in [2.45, 2.75) is 12.5 Å². The Hall–Kier alpha value is -1.82. The zero-order chi connectivity index (χ0) is 12.3. The van der Waals surface area contributed by atoms with Gasteiger partial charge >= 0.3 is 0 Å². The molecule has 0 aliphatic rings. The lowest BCUT2D eigenvalue weighted by Crippen LogP contribution is -2.18. The highest BCUT2D eigenvalue weighted by molar-refractivity contribution is 5.83. The van der Waals surface area contributed by atoms with Crippen LogP contribution in [0.25, 0.3) is 10.8 Å². The van der Waals surface area contributed by atoms with E-state index in [0.29, 0.717) is 0 Å². The van der Waals surface area contributed by atoms with Crippen LogP contribution in [0.15, 0.2) is 42.5 Å². The van der Waals surface area contributed by atoms with Gasteiger partial charge in [-0.05, 0) is 29.3 Å². The Balaban J connectivity index is 2.49. The smallest absolute Gasteiger partial charge is 0.148 e. The van der Waals surface area contributed by atoms with Gasteiger partial charge in [-0.25, -0.2) is 0 Å². The SMILES string of the molecule is C[C@@](O)(C#CCO)c1ccc2ccccc2c1. The second-order valence-electron chi connectivity index (χ2n) is 4.09. The highest BCUT2D eigenvalue weighted by Gasteiger charge is 2.19. The highest BCUT2D eigenvalue weighted by atomic mass is 16.3. The predicted octanol–water partition coefficient (Wildman–Crippen LogP) is 2.04. The van der Waals surface area contributed by atoms with Crippen molar-refractivity contribution >= 4 is 10.8 Å². The Morgan fingerprint density at radius 2 is 1.82 bits per heavy atom. The third kappa shape index (κ3) is 2.47. The first-order chi connectivity index (χ1) is 8.13. The number of hydrogen-bond donors (Lipinski definition) is 2. The first-order valence-electron chi connectivity index (χ1n) is 5.46. The van der Waals surface area contributed by atoms with Gasteiger partial charge in [-0.15, -0.1) is 0 Å². The molecule has 0 amide bonds. The van der Waals surface area contributed by atoms with Gasteiger partial charge in [0.1, 0.15) is 12.2 Å². The van der Waals surface area contributed by atoms with Gasteiger partial charge in [0.15, 0.2) is 0 Å². The maximum Gasteiger partial charge on any atom is 0.148 e. The molecule has 2 heteroatoms. The predicted molar refractivity (Wildman–Crippen MR) is 68.4 cm³/mol. The Bertz CT molecular complexity index is 588. The number of benzene rings is 2. The van der Waals surface area contributed by atoms with Gasteiger partial charge in [0.2, 0.25) is 0 Å². The molecule has 2 N–H and O–H groups in total. The first kappa shape index (κ1) is 11.7. The largest absolute Gasteiger partial charge is 0.384 e. The van der Waals surface area contributed by atoms with E-state index in [1.54, 1.807) is 6.92 Å². The van der Waals surface area contributed by atoms with E-state index in [1.165, 1.54) is 0 Å². The van der Waals surface area contributed by atoms with Crippen LogP contribution < -0.4 is 0 Å². The number of hydrogen-bond acceptors (Lipinski definition) is 2. The van der Waals surface area contributed by atoms with Crippen molar-refractivity contribution in [3.05, 3.63) is 48.0 Å². The molecule has 0 fully saturated rings. The average molecular weight is 226 g/mol. The number of aliphatic hydroxyl groups is 2. The molecule has 86 valence electrons. The van der Waals surface area contributed by atoms with E-state index in [-0.39, 0.29) is 6.61 Å². The fourth-order valence-corrected chi connectivity index (χ4v) is 1.78. The van der Waals surface area contributed by atoms with Crippen molar-refractivity contribution < 1.29 is 10.2 Å². The fraction of sp³-hybridized carbons (Fsp3) is 0.200. The summed E-state index contributed by atoms with van der Waals surface area (Å²) in [7, 11) is 0. The molecule has 0 aliphatic heterocycles. The van der Waals surface area contributed by atoms with Crippen molar-refractivity contribution in [3.8, 4) is 11.8 Å². The quantitative estimate of drug-likeness (QED) is 0.730. The van der Waals surface area contributed by atoms with Gasteiger partial charge < -0.3 is 10.2 Å². The van der Waals surface area contributed by atoms with E-state index in [0.717, 1.165) is 16.3 Å². The van der Waals surface area contributed by atoms with E-state index in [1.807, 2.05) is 42.5 Å². The van der Waals surface area contributed by atoms with E-state index >= 15 is 0 Å². The van der Waals surface area contributed by atoms with Crippen molar-refractivity contribution in [2.75, 3.05) is 6.61 Å². The zero-order valence-electron chi connectivity index (χ0n) is 9.64. The van der Waals surface area contributed by atoms with Crippen molar-refractivity contribution in [3.63, 3.8) is 0 Å². The monoisotopic (exact) mass is 226 g/mol. The van der Waals surface area contributed by atoms with Crippen LogP contribution in [0.5, 0.6) is 0 Å². The molecule has 17 heavy (non-hydrogen) atoms. The Morgan fingerprint density at radius 1 is 1.12 bits per heavy atom. The van der Waals surface area contributed by atoms with E-state index in [2.05, 4.69) is 11.8 Å². The van der Waals surface area contributed by atoms with Gasteiger partial charge in [-0.2, -0.15) is 0 Å². The zero-order valence-corrected chi connectivity index (χ0v) is 9.64. The normalized spacial score (nSPS) is 13.8. The Labute approximate surface area is 101 Å². The molecule has 1 atom stereocenters. The summed E-state index contributed by atoms with van der Waals surface area (Å²) in [5.74, 6) is 5.14. The summed E-state index contributed by atoms with van der Waals surface area (Å²) in [6, 6.07) is 13.7. The van der Waals surface area contributed by atoms with Crippen LogP contribution in [-0.4, -0.2) is 16.8 Å². The molecule has 2 nitrogen and oxygen atoms in total. The lowest BCUT2D eigenvalue weighted by molar-refractivity contribution is 0.122. The molecule has 0 spiro atoms. The summed E-state index contributed by atoms with van der Waals surface area (Å²) < 4.78 is 0. The number of rotatable bonds is 1. The number of aliphatic hydroxyl groups excluding tert-OH is 1. The van der Waals surface area contributed by atoms with Crippen molar-refractivity contribution in [1.82, 2.24) is 0 Å². The molecule has 0 heterocycles. The number of fused-ring (bicyclic) bond motifs is 1. The van der Waals surface area contributed by atoms with Crippen molar-refractivity contribution in [2.24, 2.45) is 0 Å². The van der Waals surface area contributed by atoms with Gasteiger partial charge in [-0.1, -0.05) is 48.2 Å². The fourth-order valence-electron chi connectivity index (χ4n) is 1.78.